The Hall–Kier alpha value is -1.19. The highest BCUT2D eigenvalue weighted by atomic mass is 32.2. The van der Waals surface area contributed by atoms with Crippen molar-refractivity contribution in [3.05, 3.63) is 29.6 Å². The molecule has 0 unspecified atom stereocenters. The first-order valence-corrected chi connectivity index (χ1v) is 7.66. The van der Waals surface area contributed by atoms with E-state index in [1.807, 2.05) is 6.92 Å². The zero-order valence-corrected chi connectivity index (χ0v) is 12.3. The average Bonchev–Trinajstić information content (AvgIpc) is 2.36. The Bertz CT molecular complexity index is 587. The predicted octanol–water partition coefficient (Wildman–Crippen LogP) is 2.12. The molecule has 2 N–H and O–H groups in total. The fourth-order valence-corrected chi connectivity index (χ4v) is 2.78. The van der Waals surface area contributed by atoms with Crippen molar-refractivity contribution in [3.63, 3.8) is 0 Å². The number of nitrogens with one attached hydrogen (secondary N) is 2. The van der Waals surface area contributed by atoms with E-state index in [4.69, 9.17) is 0 Å². The van der Waals surface area contributed by atoms with Gasteiger partial charge in [0.15, 0.2) is 0 Å². The van der Waals surface area contributed by atoms with Crippen molar-refractivity contribution in [1.29, 1.82) is 0 Å². The lowest BCUT2D eigenvalue weighted by Gasteiger charge is -2.14. The first-order valence-electron chi connectivity index (χ1n) is 6.17. The monoisotopic (exact) mass is 328 g/mol. The topological polar surface area (TPSA) is 58.2 Å². The smallest absolute Gasteiger partial charge is 0.313 e. The number of halogens is 4. The molecule has 1 aromatic carbocycles. The first-order chi connectivity index (χ1) is 9.58. The van der Waals surface area contributed by atoms with E-state index < -0.39 is 32.5 Å². The van der Waals surface area contributed by atoms with E-state index in [-0.39, 0.29) is 18.7 Å². The second-order valence-electron chi connectivity index (χ2n) is 4.45. The Morgan fingerprint density at radius 1 is 1.29 bits per heavy atom. The van der Waals surface area contributed by atoms with E-state index in [0.29, 0.717) is 12.6 Å². The molecule has 4 nitrogen and oxygen atoms in total. The Balaban J connectivity index is 2.99. The number of likely N-dealkylation sites (N-methyl/N-ethyl adjacent to an activating group) is 1. The number of hydrogen-bond donors (Lipinski definition) is 2. The maximum Gasteiger partial charge on any atom is 0.419 e. The van der Waals surface area contributed by atoms with Crippen LogP contribution in [0.4, 0.5) is 17.6 Å². The normalized spacial score (nSPS) is 14.2. The van der Waals surface area contributed by atoms with Crippen LogP contribution in [0.15, 0.2) is 23.1 Å². The molecular weight excluding hydrogens is 312 g/mol. The van der Waals surface area contributed by atoms with Gasteiger partial charge in [-0.15, -0.1) is 0 Å². The number of hydrogen-bond acceptors (Lipinski definition) is 3. The van der Waals surface area contributed by atoms with Gasteiger partial charge < -0.3 is 5.32 Å². The number of alkyl halides is 3. The van der Waals surface area contributed by atoms with Crippen molar-refractivity contribution in [1.82, 2.24) is 10.0 Å². The van der Waals surface area contributed by atoms with Crippen molar-refractivity contribution >= 4 is 10.0 Å². The third-order valence-electron chi connectivity index (χ3n) is 2.69. The third kappa shape index (κ3) is 4.94. The zero-order valence-electron chi connectivity index (χ0n) is 11.5. The molecule has 0 heterocycles. The minimum Gasteiger partial charge on any atom is -0.313 e. The molecule has 0 aromatic heterocycles. The molecule has 0 spiro atoms. The van der Waals surface area contributed by atoms with Gasteiger partial charge in [0.1, 0.15) is 5.82 Å². The molecule has 0 saturated carbocycles. The molecule has 0 aliphatic heterocycles. The van der Waals surface area contributed by atoms with E-state index in [9.17, 15) is 26.0 Å². The maximum absolute atomic E-state index is 13.1. The highest BCUT2D eigenvalue weighted by Crippen LogP contribution is 2.32. The second kappa shape index (κ2) is 6.71. The van der Waals surface area contributed by atoms with Crippen LogP contribution in [0.2, 0.25) is 0 Å². The van der Waals surface area contributed by atoms with Crippen molar-refractivity contribution in [2.24, 2.45) is 0 Å². The van der Waals surface area contributed by atoms with Gasteiger partial charge in [0.05, 0.1) is 10.5 Å². The van der Waals surface area contributed by atoms with Crippen molar-refractivity contribution in [2.45, 2.75) is 31.0 Å². The molecule has 0 aliphatic carbocycles. The number of benzene rings is 1. The summed E-state index contributed by atoms with van der Waals surface area (Å²) in [6.45, 7) is 4.19. The van der Waals surface area contributed by atoms with Gasteiger partial charge in [0.25, 0.3) is 0 Å². The largest absolute Gasteiger partial charge is 0.419 e. The molecule has 1 aromatic rings. The summed E-state index contributed by atoms with van der Waals surface area (Å²) in [6, 6.07) is 1.39. The fourth-order valence-electron chi connectivity index (χ4n) is 1.63. The highest BCUT2D eigenvalue weighted by molar-refractivity contribution is 7.89. The SMILES string of the molecule is CCN[C@H](C)CNS(=O)(=O)c1ccc(F)c(C(F)(F)F)c1. The van der Waals surface area contributed by atoms with E-state index in [1.165, 1.54) is 0 Å². The van der Waals surface area contributed by atoms with E-state index >= 15 is 0 Å². The molecule has 1 rings (SSSR count). The van der Waals surface area contributed by atoms with Crippen LogP contribution in [0.5, 0.6) is 0 Å². The molecule has 0 radical (unpaired) electrons. The van der Waals surface area contributed by atoms with Crippen LogP contribution in [0.1, 0.15) is 19.4 Å². The lowest BCUT2D eigenvalue weighted by atomic mass is 10.2. The van der Waals surface area contributed by atoms with Crippen molar-refractivity contribution < 1.29 is 26.0 Å². The van der Waals surface area contributed by atoms with Gasteiger partial charge in [-0.25, -0.2) is 17.5 Å². The Labute approximate surface area is 120 Å². The molecule has 0 fully saturated rings. The summed E-state index contributed by atoms with van der Waals surface area (Å²) in [4.78, 5) is -0.625. The lowest BCUT2D eigenvalue weighted by Crippen LogP contribution is -2.38. The standard InChI is InChI=1S/C12H16F4N2O2S/c1-3-17-8(2)7-18-21(19,20)9-4-5-11(13)10(6-9)12(14,15)16/h4-6,8,17-18H,3,7H2,1-2H3/t8-/m1/s1. The Morgan fingerprint density at radius 2 is 1.90 bits per heavy atom. The van der Waals surface area contributed by atoms with Crippen LogP contribution in [0.3, 0.4) is 0 Å². The summed E-state index contributed by atoms with van der Waals surface area (Å²) in [7, 11) is -4.13. The third-order valence-corrected chi connectivity index (χ3v) is 4.11. The number of sulfonamides is 1. The zero-order chi connectivity index (χ0) is 16.3. The van der Waals surface area contributed by atoms with Gasteiger partial charge in [-0.3, -0.25) is 0 Å². The van der Waals surface area contributed by atoms with Crippen LogP contribution < -0.4 is 10.0 Å². The van der Waals surface area contributed by atoms with Crippen LogP contribution in [0.25, 0.3) is 0 Å². The second-order valence-corrected chi connectivity index (χ2v) is 6.22. The predicted molar refractivity (Wildman–Crippen MR) is 69.7 cm³/mol. The molecule has 0 saturated heterocycles. The molecule has 0 amide bonds. The molecule has 0 aliphatic rings. The first kappa shape index (κ1) is 17.9. The Kier molecular flexibility index (Phi) is 5.71. The van der Waals surface area contributed by atoms with Gasteiger partial charge in [0, 0.05) is 12.6 Å². The molecule has 0 bridgehead atoms. The maximum atomic E-state index is 13.1. The molecular formula is C12H16F4N2O2S. The summed E-state index contributed by atoms with van der Waals surface area (Å²) < 4.78 is 76.8. The summed E-state index contributed by atoms with van der Waals surface area (Å²) >= 11 is 0. The quantitative estimate of drug-likeness (QED) is 0.787. The summed E-state index contributed by atoms with van der Waals surface area (Å²) in [5, 5.41) is 2.95. The van der Waals surface area contributed by atoms with Crippen LogP contribution in [-0.2, 0) is 16.2 Å². The summed E-state index contributed by atoms with van der Waals surface area (Å²) in [6.07, 6.45) is -4.95. The summed E-state index contributed by atoms with van der Waals surface area (Å²) in [5.74, 6) is -1.51. The van der Waals surface area contributed by atoms with E-state index in [2.05, 4.69) is 10.0 Å². The van der Waals surface area contributed by atoms with Gasteiger partial charge in [-0.05, 0) is 31.7 Å². The Morgan fingerprint density at radius 3 is 2.43 bits per heavy atom. The van der Waals surface area contributed by atoms with Gasteiger partial charge in [-0.2, -0.15) is 13.2 Å². The molecule has 120 valence electrons. The molecule has 9 heteroatoms. The summed E-state index contributed by atoms with van der Waals surface area (Å²) in [5.41, 5.74) is -1.61. The van der Waals surface area contributed by atoms with Gasteiger partial charge in [-0.1, -0.05) is 6.92 Å². The minimum absolute atomic E-state index is 0.00883. The lowest BCUT2D eigenvalue weighted by molar-refractivity contribution is -0.140. The van der Waals surface area contributed by atoms with E-state index in [1.54, 1.807) is 6.92 Å². The van der Waals surface area contributed by atoms with Crippen LogP contribution >= 0.6 is 0 Å². The fraction of sp³-hybridized carbons (Fsp3) is 0.500. The average molecular weight is 328 g/mol. The van der Waals surface area contributed by atoms with Gasteiger partial charge >= 0.3 is 6.18 Å². The number of rotatable bonds is 6. The van der Waals surface area contributed by atoms with Crippen LogP contribution in [-0.4, -0.2) is 27.5 Å². The van der Waals surface area contributed by atoms with Crippen molar-refractivity contribution in [2.75, 3.05) is 13.1 Å². The highest BCUT2D eigenvalue weighted by Gasteiger charge is 2.35. The van der Waals surface area contributed by atoms with Gasteiger partial charge in [0.2, 0.25) is 10.0 Å². The van der Waals surface area contributed by atoms with Crippen molar-refractivity contribution in [3.8, 4) is 0 Å². The molecule has 1 atom stereocenters. The minimum atomic E-state index is -4.95. The van der Waals surface area contributed by atoms with E-state index in [0.717, 1.165) is 6.07 Å². The molecule has 21 heavy (non-hydrogen) atoms. The van der Waals surface area contributed by atoms with Crippen LogP contribution in [0, 0.1) is 5.82 Å².